The van der Waals surface area contributed by atoms with Crippen molar-refractivity contribution in [2.45, 2.75) is 291 Å². The molecule has 88 heavy (non-hydrogen) atoms. The van der Waals surface area contributed by atoms with Gasteiger partial charge in [-0.1, -0.05) is 207 Å². The molecular formula is C69H115NO18. The van der Waals surface area contributed by atoms with Crippen molar-refractivity contribution in [2.24, 2.45) is 0 Å². The molecule has 504 valence electrons. The van der Waals surface area contributed by atoms with Gasteiger partial charge in [0.05, 0.1) is 38.6 Å². The number of rotatable bonds is 48. The summed E-state index contributed by atoms with van der Waals surface area (Å²) in [4.78, 5) is 13.3. The number of nitrogens with one attached hydrogen (secondary N) is 1. The van der Waals surface area contributed by atoms with Crippen molar-refractivity contribution in [3.8, 4) is 0 Å². The quantitative estimate of drug-likeness (QED) is 0.0204. The normalized spacial score (nSPS) is 29.1. The molecule has 0 aromatic rings. The molecule has 0 aromatic carbocycles. The highest BCUT2D eigenvalue weighted by atomic mass is 16.8. The van der Waals surface area contributed by atoms with E-state index in [-0.39, 0.29) is 18.9 Å². The first kappa shape index (κ1) is 78.7. The highest BCUT2D eigenvalue weighted by molar-refractivity contribution is 5.76. The van der Waals surface area contributed by atoms with Crippen LogP contribution in [0.4, 0.5) is 0 Å². The van der Waals surface area contributed by atoms with Crippen LogP contribution in [0.1, 0.15) is 187 Å². The lowest BCUT2D eigenvalue weighted by atomic mass is 9.96. The van der Waals surface area contributed by atoms with Gasteiger partial charge in [-0.3, -0.25) is 4.79 Å². The molecule has 3 fully saturated rings. The Bertz CT molecular complexity index is 2020. The summed E-state index contributed by atoms with van der Waals surface area (Å²) < 4.78 is 34.2. The molecule has 0 aromatic heterocycles. The third kappa shape index (κ3) is 32.1. The van der Waals surface area contributed by atoms with E-state index in [1.807, 2.05) is 0 Å². The minimum absolute atomic E-state index is 0.251. The third-order valence-electron chi connectivity index (χ3n) is 15.9. The maximum absolute atomic E-state index is 13.3. The van der Waals surface area contributed by atoms with Gasteiger partial charge >= 0.3 is 0 Å². The Morgan fingerprint density at radius 1 is 0.420 bits per heavy atom. The van der Waals surface area contributed by atoms with Gasteiger partial charge in [-0.25, -0.2) is 0 Å². The standard InChI is InChI=1S/C69H115NO18/c1-3-5-7-9-11-12-13-14-15-16-17-18-19-20-21-22-23-24-25-26-27-28-29-30-31-32-33-34-35-36-37-38-39-40-41-43-45-47-57(75)70-52(53(74)46-44-42-10-8-6-4-2)51-83-67-63(81)60(78)65(55(49-72)85-67)88-69-64(82)61(79)66(56(50-73)86-69)87-68-62(80)59(77)58(76)54(48-71)84-68/h5,7,11-12,14-15,17-18,20-21,23-24,26-27,29-30,32-33,52-56,58-69,71-74,76-82H,3-4,6,8-10,13,16,19,22,25,28,31,34-51H2,1-2H3,(H,70,75)/b7-5-,12-11-,15-14-,18-17-,21-20-,24-23-,27-26-,30-29-,33-32-. The zero-order valence-corrected chi connectivity index (χ0v) is 52.9. The van der Waals surface area contributed by atoms with Crippen molar-refractivity contribution in [3.63, 3.8) is 0 Å². The van der Waals surface area contributed by atoms with Gasteiger partial charge in [0, 0.05) is 6.42 Å². The topological polar surface area (TPSA) is 307 Å². The second-order valence-electron chi connectivity index (χ2n) is 23.2. The van der Waals surface area contributed by atoms with Crippen LogP contribution in [0.25, 0.3) is 0 Å². The zero-order chi connectivity index (χ0) is 64.0. The third-order valence-corrected chi connectivity index (χ3v) is 15.9. The number of unbranched alkanes of at least 4 members (excludes halogenated alkanes) is 14. The fraction of sp³-hybridized carbons (Fsp3) is 0.725. The predicted molar refractivity (Wildman–Crippen MR) is 341 cm³/mol. The fourth-order valence-electron chi connectivity index (χ4n) is 10.5. The van der Waals surface area contributed by atoms with Crippen LogP contribution in [0.5, 0.6) is 0 Å². The SMILES string of the molecule is CC/C=C\C/C=C\C/C=C\C/C=C\C/C=C\C/C=C\C/C=C\C/C=C\C/C=C\CCCCCCCCCCCC(=O)NC(COC1OC(CO)C(OC2OC(CO)C(OC3OC(CO)C(O)C(O)C3O)C(O)C2O)C(O)C1O)C(O)CCCCCCCC. The van der Waals surface area contributed by atoms with Crippen LogP contribution in [-0.4, -0.2) is 193 Å². The second-order valence-corrected chi connectivity index (χ2v) is 23.2. The lowest BCUT2D eigenvalue weighted by Crippen LogP contribution is -2.66. The Labute approximate surface area is 525 Å². The van der Waals surface area contributed by atoms with E-state index >= 15 is 0 Å². The number of aliphatic hydroxyl groups is 11. The van der Waals surface area contributed by atoms with Crippen LogP contribution in [-0.2, 0) is 33.2 Å². The number of amides is 1. The largest absolute Gasteiger partial charge is 0.394 e. The lowest BCUT2D eigenvalue weighted by Gasteiger charge is -2.48. The van der Waals surface area contributed by atoms with Crippen LogP contribution in [0, 0.1) is 0 Å². The molecule has 0 radical (unpaired) electrons. The molecule has 17 atom stereocenters. The Kier molecular flexibility index (Phi) is 44.8. The Hall–Kier alpha value is -3.55. The maximum Gasteiger partial charge on any atom is 0.220 e. The molecule has 3 aliphatic heterocycles. The second kappa shape index (κ2) is 50.1. The van der Waals surface area contributed by atoms with Crippen molar-refractivity contribution in [1.29, 1.82) is 0 Å². The van der Waals surface area contributed by atoms with Crippen LogP contribution in [0.15, 0.2) is 109 Å². The van der Waals surface area contributed by atoms with E-state index in [2.05, 4.69) is 129 Å². The first-order valence-corrected chi connectivity index (χ1v) is 33.1. The molecular weight excluding hydrogens is 1130 g/mol. The highest BCUT2D eigenvalue weighted by Crippen LogP contribution is 2.33. The molecule has 19 heteroatoms. The Morgan fingerprint density at radius 2 is 0.784 bits per heavy atom. The number of aliphatic hydroxyl groups excluding tert-OH is 11. The molecule has 0 bridgehead atoms. The smallest absolute Gasteiger partial charge is 0.220 e. The zero-order valence-electron chi connectivity index (χ0n) is 52.9. The van der Waals surface area contributed by atoms with Gasteiger partial charge in [-0.2, -0.15) is 0 Å². The lowest BCUT2D eigenvalue weighted by molar-refractivity contribution is -0.379. The van der Waals surface area contributed by atoms with Crippen LogP contribution in [0.3, 0.4) is 0 Å². The molecule has 0 aliphatic carbocycles. The summed E-state index contributed by atoms with van der Waals surface area (Å²) in [6.07, 6.45) is 39.6. The number of ether oxygens (including phenoxy) is 6. The van der Waals surface area contributed by atoms with Crippen molar-refractivity contribution in [1.82, 2.24) is 5.32 Å². The van der Waals surface area contributed by atoms with E-state index in [9.17, 15) is 61.0 Å². The van der Waals surface area contributed by atoms with Crippen molar-refractivity contribution in [3.05, 3.63) is 109 Å². The van der Waals surface area contributed by atoms with Gasteiger partial charge in [0.25, 0.3) is 0 Å². The van der Waals surface area contributed by atoms with Gasteiger partial charge in [0.2, 0.25) is 5.91 Å². The molecule has 3 aliphatic rings. The highest BCUT2D eigenvalue weighted by Gasteiger charge is 2.53. The predicted octanol–water partition coefficient (Wildman–Crippen LogP) is 7.88. The molecule has 12 N–H and O–H groups in total. The molecule has 3 heterocycles. The molecule has 0 spiro atoms. The number of carbonyl (C=O) groups excluding carboxylic acids is 1. The van der Waals surface area contributed by atoms with Crippen molar-refractivity contribution in [2.75, 3.05) is 26.4 Å². The minimum atomic E-state index is -1.98. The Balaban J connectivity index is 1.30. The van der Waals surface area contributed by atoms with Gasteiger partial charge in [0.15, 0.2) is 18.9 Å². The van der Waals surface area contributed by atoms with Gasteiger partial charge in [-0.05, 0) is 83.5 Å². The van der Waals surface area contributed by atoms with E-state index in [0.29, 0.717) is 19.3 Å². The molecule has 19 nitrogen and oxygen atoms in total. The molecule has 17 unspecified atom stereocenters. The number of hydrogen-bond acceptors (Lipinski definition) is 18. The molecule has 0 saturated carbocycles. The van der Waals surface area contributed by atoms with Gasteiger partial charge in [0.1, 0.15) is 73.2 Å². The summed E-state index contributed by atoms with van der Waals surface area (Å²) in [6.45, 7) is 1.56. The van der Waals surface area contributed by atoms with E-state index in [0.717, 1.165) is 122 Å². The van der Waals surface area contributed by atoms with Gasteiger partial charge in [-0.15, -0.1) is 0 Å². The number of allylic oxidation sites excluding steroid dienone is 18. The van der Waals surface area contributed by atoms with Gasteiger partial charge < -0.3 is 89.9 Å². The molecule has 1 amide bonds. The minimum Gasteiger partial charge on any atom is -0.394 e. The number of carbonyl (C=O) groups is 1. The van der Waals surface area contributed by atoms with Crippen LogP contribution >= 0.6 is 0 Å². The average Bonchev–Trinajstić information content (AvgIpc) is 0.949. The van der Waals surface area contributed by atoms with Crippen LogP contribution < -0.4 is 5.32 Å². The summed E-state index contributed by atoms with van der Waals surface area (Å²) in [5, 5.41) is 120. The summed E-state index contributed by atoms with van der Waals surface area (Å²) in [5.41, 5.74) is 0. The fourth-order valence-corrected chi connectivity index (χ4v) is 10.5. The molecule has 3 rings (SSSR count). The summed E-state index contributed by atoms with van der Waals surface area (Å²) in [6, 6.07) is -0.894. The van der Waals surface area contributed by atoms with Crippen molar-refractivity contribution < 1.29 is 89.4 Å². The van der Waals surface area contributed by atoms with E-state index in [4.69, 9.17) is 28.4 Å². The maximum atomic E-state index is 13.3. The summed E-state index contributed by atoms with van der Waals surface area (Å²) in [5.74, 6) is -0.261. The van der Waals surface area contributed by atoms with Crippen molar-refractivity contribution >= 4 is 5.91 Å². The molecule has 3 saturated heterocycles. The van der Waals surface area contributed by atoms with E-state index < -0.39 is 124 Å². The van der Waals surface area contributed by atoms with Crippen LogP contribution in [0.2, 0.25) is 0 Å². The van der Waals surface area contributed by atoms with E-state index in [1.165, 1.54) is 25.7 Å². The average molecular weight is 1250 g/mol. The first-order chi connectivity index (χ1) is 42.8. The number of hydrogen-bond donors (Lipinski definition) is 12. The first-order valence-electron chi connectivity index (χ1n) is 33.1. The van der Waals surface area contributed by atoms with E-state index in [1.54, 1.807) is 0 Å². The summed E-state index contributed by atoms with van der Waals surface area (Å²) in [7, 11) is 0. The Morgan fingerprint density at radius 3 is 1.23 bits per heavy atom. The summed E-state index contributed by atoms with van der Waals surface area (Å²) >= 11 is 0. The monoisotopic (exact) mass is 1250 g/mol.